The van der Waals surface area contributed by atoms with Gasteiger partial charge in [0.2, 0.25) is 5.91 Å². The molecule has 0 fully saturated rings. The van der Waals surface area contributed by atoms with Crippen molar-refractivity contribution in [1.29, 1.82) is 0 Å². The Morgan fingerprint density at radius 2 is 1.54 bits per heavy atom. The van der Waals surface area contributed by atoms with Gasteiger partial charge in [-0.05, 0) is 78.0 Å². The molecule has 7 heteroatoms. The van der Waals surface area contributed by atoms with Gasteiger partial charge in [-0.1, -0.05) is 35.9 Å². The number of hydrogen-bond acceptors (Lipinski definition) is 3. The van der Waals surface area contributed by atoms with Gasteiger partial charge in [0, 0.05) is 9.26 Å². The number of sulfonamides is 1. The standard InChI is InChI=1S/C21H19IN2O3S/c1-16-7-13-19(14-8-16)24(28(26,27)20-5-3-2-4-6-20)15-21(25)23-18-11-9-17(22)10-12-18/h2-14H,15H2,1H3,(H,23,25). The number of hydrogen-bond donors (Lipinski definition) is 1. The third kappa shape index (κ3) is 4.90. The summed E-state index contributed by atoms with van der Waals surface area (Å²) in [5, 5.41) is 2.76. The molecule has 0 spiro atoms. The third-order valence-electron chi connectivity index (χ3n) is 4.07. The minimum atomic E-state index is -3.89. The highest BCUT2D eigenvalue weighted by atomic mass is 127. The van der Waals surface area contributed by atoms with Crippen LogP contribution in [-0.2, 0) is 14.8 Å². The molecule has 3 aromatic carbocycles. The summed E-state index contributed by atoms with van der Waals surface area (Å²) in [6.07, 6.45) is 0. The summed E-state index contributed by atoms with van der Waals surface area (Å²) >= 11 is 2.18. The summed E-state index contributed by atoms with van der Waals surface area (Å²) in [6, 6.07) is 22.5. The number of aryl methyl sites for hydroxylation is 1. The Kier molecular flexibility index (Phi) is 6.35. The van der Waals surface area contributed by atoms with Crippen molar-refractivity contribution in [3.05, 3.63) is 88.0 Å². The molecule has 1 amide bonds. The van der Waals surface area contributed by atoms with Crippen molar-refractivity contribution in [1.82, 2.24) is 0 Å². The molecule has 0 heterocycles. The first-order chi connectivity index (χ1) is 13.4. The van der Waals surface area contributed by atoms with E-state index in [0.717, 1.165) is 13.4 Å². The lowest BCUT2D eigenvalue weighted by atomic mass is 10.2. The van der Waals surface area contributed by atoms with Crippen molar-refractivity contribution in [2.45, 2.75) is 11.8 Å². The molecule has 0 atom stereocenters. The summed E-state index contributed by atoms with van der Waals surface area (Å²) in [7, 11) is -3.89. The molecule has 5 nitrogen and oxygen atoms in total. The molecule has 0 aromatic heterocycles. The second-order valence-corrected chi connectivity index (χ2v) is 9.32. The highest BCUT2D eigenvalue weighted by Crippen LogP contribution is 2.24. The number of nitrogens with zero attached hydrogens (tertiary/aromatic N) is 1. The molecular formula is C21H19IN2O3S. The molecule has 0 saturated carbocycles. The Morgan fingerprint density at radius 3 is 2.14 bits per heavy atom. The molecule has 0 aliphatic heterocycles. The van der Waals surface area contributed by atoms with Gasteiger partial charge in [-0.15, -0.1) is 0 Å². The van der Waals surface area contributed by atoms with E-state index in [9.17, 15) is 13.2 Å². The average molecular weight is 506 g/mol. The lowest BCUT2D eigenvalue weighted by molar-refractivity contribution is -0.114. The normalized spacial score (nSPS) is 11.1. The van der Waals surface area contributed by atoms with Crippen LogP contribution in [0.25, 0.3) is 0 Å². The van der Waals surface area contributed by atoms with Crippen molar-refractivity contribution in [2.24, 2.45) is 0 Å². The molecule has 0 aliphatic rings. The summed E-state index contributed by atoms with van der Waals surface area (Å²) in [5.41, 5.74) is 2.06. The topological polar surface area (TPSA) is 66.5 Å². The van der Waals surface area contributed by atoms with Crippen LogP contribution in [-0.4, -0.2) is 20.9 Å². The summed E-state index contributed by atoms with van der Waals surface area (Å²) in [5.74, 6) is -0.415. The Balaban J connectivity index is 1.91. The molecular weight excluding hydrogens is 487 g/mol. The first-order valence-electron chi connectivity index (χ1n) is 8.56. The Bertz CT molecular complexity index is 1050. The predicted octanol–water partition coefficient (Wildman–Crippen LogP) is 4.43. The molecule has 0 radical (unpaired) electrons. The van der Waals surface area contributed by atoms with Gasteiger partial charge in [-0.2, -0.15) is 0 Å². The highest BCUT2D eigenvalue weighted by Gasteiger charge is 2.27. The molecule has 3 rings (SSSR count). The van der Waals surface area contributed by atoms with Gasteiger partial charge in [0.05, 0.1) is 10.6 Å². The van der Waals surface area contributed by atoms with E-state index < -0.39 is 15.9 Å². The van der Waals surface area contributed by atoms with Crippen LogP contribution in [0.15, 0.2) is 83.8 Å². The van der Waals surface area contributed by atoms with Crippen molar-refractivity contribution in [3.63, 3.8) is 0 Å². The quantitative estimate of drug-likeness (QED) is 0.503. The highest BCUT2D eigenvalue weighted by molar-refractivity contribution is 14.1. The van der Waals surface area contributed by atoms with Crippen molar-refractivity contribution in [2.75, 3.05) is 16.2 Å². The number of carbonyl (C=O) groups excluding carboxylic acids is 1. The number of rotatable bonds is 6. The smallest absolute Gasteiger partial charge is 0.264 e. The monoisotopic (exact) mass is 506 g/mol. The maximum atomic E-state index is 13.2. The Morgan fingerprint density at radius 1 is 0.929 bits per heavy atom. The fourth-order valence-corrected chi connectivity index (χ4v) is 4.41. The Labute approximate surface area is 178 Å². The number of benzene rings is 3. The van der Waals surface area contributed by atoms with Gasteiger partial charge in [0.25, 0.3) is 10.0 Å². The minimum absolute atomic E-state index is 0.137. The van der Waals surface area contributed by atoms with Crippen LogP contribution in [0.3, 0.4) is 0 Å². The van der Waals surface area contributed by atoms with Crippen LogP contribution >= 0.6 is 22.6 Å². The first-order valence-corrected chi connectivity index (χ1v) is 11.1. The van der Waals surface area contributed by atoms with E-state index in [-0.39, 0.29) is 11.4 Å². The van der Waals surface area contributed by atoms with Crippen LogP contribution in [0.2, 0.25) is 0 Å². The van der Waals surface area contributed by atoms with E-state index in [2.05, 4.69) is 27.9 Å². The van der Waals surface area contributed by atoms with Crippen LogP contribution < -0.4 is 9.62 Å². The van der Waals surface area contributed by atoms with Crippen LogP contribution in [0.4, 0.5) is 11.4 Å². The zero-order chi connectivity index (χ0) is 20.1. The van der Waals surface area contributed by atoms with E-state index in [1.54, 1.807) is 42.5 Å². The number of nitrogens with one attached hydrogen (secondary N) is 1. The lowest BCUT2D eigenvalue weighted by Crippen LogP contribution is -2.38. The Hall–Kier alpha value is -2.39. The molecule has 0 unspecified atom stereocenters. The third-order valence-corrected chi connectivity index (χ3v) is 6.58. The second kappa shape index (κ2) is 8.74. The SMILES string of the molecule is Cc1ccc(N(CC(=O)Nc2ccc(I)cc2)S(=O)(=O)c2ccccc2)cc1. The van der Waals surface area contributed by atoms with Gasteiger partial charge in [-0.3, -0.25) is 9.10 Å². The van der Waals surface area contributed by atoms with E-state index in [0.29, 0.717) is 11.4 Å². The minimum Gasteiger partial charge on any atom is -0.325 e. The lowest BCUT2D eigenvalue weighted by Gasteiger charge is -2.24. The van der Waals surface area contributed by atoms with E-state index in [1.807, 2.05) is 31.2 Å². The van der Waals surface area contributed by atoms with E-state index in [4.69, 9.17) is 0 Å². The van der Waals surface area contributed by atoms with E-state index in [1.165, 1.54) is 12.1 Å². The predicted molar refractivity (Wildman–Crippen MR) is 120 cm³/mol. The fraction of sp³-hybridized carbons (Fsp3) is 0.0952. The van der Waals surface area contributed by atoms with Gasteiger partial charge in [0.15, 0.2) is 0 Å². The van der Waals surface area contributed by atoms with Crippen molar-refractivity contribution >= 4 is 49.9 Å². The van der Waals surface area contributed by atoms with Crippen LogP contribution in [0.1, 0.15) is 5.56 Å². The van der Waals surface area contributed by atoms with Gasteiger partial charge in [0.1, 0.15) is 6.54 Å². The van der Waals surface area contributed by atoms with Crippen molar-refractivity contribution in [3.8, 4) is 0 Å². The number of anilines is 2. The molecule has 0 bridgehead atoms. The largest absolute Gasteiger partial charge is 0.325 e. The molecule has 28 heavy (non-hydrogen) atoms. The fourth-order valence-electron chi connectivity index (χ4n) is 2.61. The summed E-state index contributed by atoms with van der Waals surface area (Å²) in [4.78, 5) is 12.7. The molecule has 3 aromatic rings. The molecule has 0 aliphatic carbocycles. The number of halogens is 1. The zero-order valence-electron chi connectivity index (χ0n) is 15.2. The zero-order valence-corrected chi connectivity index (χ0v) is 18.1. The number of amides is 1. The van der Waals surface area contributed by atoms with Crippen molar-refractivity contribution < 1.29 is 13.2 Å². The molecule has 144 valence electrons. The first kappa shape index (κ1) is 20.3. The molecule has 0 saturated heterocycles. The van der Waals surface area contributed by atoms with Gasteiger partial charge < -0.3 is 5.32 Å². The molecule has 1 N–H and O–H groups in total. The van der Waals surface area contributed by atoms with Gasteiger partial charge >= 0.3 is 0 Å². The maximum absolute atomic E-state index is 13.2. The van der Waals surface area contributed by atoms with Crippen LogP contribution in [0.5, 0.6) is 0 Å². The van der Waals surface area contributed by atoms with Crippen LogP contribution in [0, 0.1) is 10.5 Å². The number of carbonyl (C=O) groups is 1. The summed E-state index contributed by atoms with van der Waals surface area (Å²) in [6.45, 7) is 1.59. The summed E-state index contributed by atoms with van der Waals surface area (Å²) < 4.78 is 28.6. The van der Waals surface area contributed by atoms with E-state index >= 15 is 0 Å². The second-order valence-electron chi connectivity index (χ2n) is 6.22. The van der Waals surface area contributed by atoms with Gasteiger partial charge in [-0.25, -0.2) is 8.42 Å². The maximum Gasteiger partial charge on any atom is 0.264 e. The average Bonchev–Trinajstić information content (AvgIpc) is 2.69.